The molecule has 0 bridgehead atoms. The van der Waals surface area contributed by atoms with E-state index in [0.717, 1.165) is 6.07 Å². The highest BCUT2D eigenvalue weighted by Crippen LogP contribution is 2.19. The molecule has 1 aromatic carbocycles. The molecule has 0 unspecified atom stereocenters. The normalized spacial score (nSPS) is 10.7. The smallest absolute Gasteiger partial charge is 0.437 e. The van der Waals surface area contributed by atoms with Crippen LogP contribution in [-0.4, -0.2) is 28.1 Å². The molecule has 0 radical (unpaired) electrons. The Hall–Kier alpha value is -3.83. The molecule has 0 saturated carbocycles. The maximum atomic E-state index is 13.5. The van der Waals surface area contributed by atoms with Crippen molar-refractivity contribution >= 4 is 17.5 Å². The van der Waals surface area contributed by atoms with E-state index in [1.54, 1.807) is 6.07 Å². The van der Waals surface area contributed by atoms with Gasteiger partial charge in [0, 0.05) is 0 Å². The van der Waals surface area contributed by atoms with Gasteiger partial charge in [0.25, 0.3) is 5.89 Å². The first-order valence-electron chi connectivity index (χ1n) is 7.67. The fraction of sp³-hybridized carbons (Fsp3) is 0.125. The van der Waals surface area contributed by atoms with Crippen molar-refractivity contribution < 1.29 is 31.6 Å². The number of aromatic nitrogens is 2. The zero-order valence-electron chi connectivity index (χ0n) is 13.9. The SMILES string of the molecule is O=C(Cn1nc(-c2ccco2)oc1=O)NCC(=O)Nc1ccc(F)c(F)c1F. The van der Waals surface area contributed by atoms with Crippen molar-refractivity contribution in [1.82, 2.24) is 15.1 Å². The van der Waals surface area contributed by atoms with Crippen molar-refractivity contribution in [2.45, 2.75) is 6.54 Å². The highest BCUT2D eigenvalue weighted by molar-refractivity contribution is 5.94. The number of nitrogens with one attached hydrogen (secondary N) is 2. The number of hydrogen-bond donors (Lipinski definition) is 2. The summed E-state index contributed by atoms with van der Waals surface area (Å²) in [5, 5.41) is 7.92. The third kappa shape index (κ3) is 4.11. The summed E-state index contributed by atoms with van der Waals surface area (Å²) in [5.41, 5.74) is -0.589. The third-order valence-electron chi connectivity index (χ3n) is 3.39. The molecule has 0 aliphatic rings. The lowest BCUT2D eigenvalue weighted by atomic mass is 10.2. The van der Waals surface area contributed by atoms with Crippen LogP contribution in [0.1, 0.15) is 0 Å². The summed E-state index contributed by atoms with van der Waals surface area (Å²) < 4.78 is 50.0. The zero-order chi connectivity index (χ0) is 20.3. The summed E-state index contributed by atoms with van der Waals surface area (Å²) in [7, 11) is 0. The minimum Gasteiger partial charge on any atom is -0.459 e. The first kappa shape index (κ1) is 18.9. The Morgan fingerprint density at radius 3 is 2.61 bits per heavy atom. The van der Waals surface area contributed by atoms with Crippen molar-refractivity contribution in [3.63, 3.8) is 0 Å². The highest BCUT2D eigenvalue weighted by Gasteiger charge is 2.17. The standard InChI is InChI=1S/C16H11F3N4O5/c17-8-3-4-9(14(19)13(8)18)21-11(24)6-20-12(25)7-23-16(26)28-15(22-23)10-2-1-5-27-10/h1-5H,6-7H2,(H,20,25)(H,21,24). The van der Waals surface area contributed by atoms with Gasteiger partial charge in [0.15, 0.2) is 23.2 Å². The van der Waals surface area contributed by atoms with E-state index in [-0.39, 0.29) is 11.7 Å². The quantitative estimate of drug-likeness (QED) is 0.606. The molecule has 9 nitrogen and oxygen atoms in total. The van der Waals surface area contributed by atoms with Crippen molar-refractivity contribution in [3.05, 3.63) is 58.5 Å². The van der Waals surface area contributed by atoms with Crippen LogP contribution in [0.15, 0.2) is 44.2 Å². The van der Waals surface area contributed by atoms with Crippen molar-refractivity contribution in [1.29, 1.82) is 0 Å². The summed E-state index contributed by atoms with van der Waals surface area (Å²) in [6.07, 6.45) is 1.34. The zero-order valence-corrected chi connectivity index (χ0v) is 13.9. The summed E-state index contributed by atoms with van der Waals surface area (Å²) in [5.74, 6) is -7.26. The molecule has 2 aromatic heterocycles. The molecule has 0 saturated heterocycles. The molecule has 3 aromatic rings. The van der Waals surface area contributed by atoms with Crippen LogP contribution in [0.3, 0.4) is 0 Å². The third-order valence-corrected chi connectivity index (χ3v) is 3.39. The summed E-state index contributed by atoms with van der Waals surface area (Å²) in [4.78, 5) is 35.2. The van der Waals surface area contributed by atoms with Gasteiger partial charge in [-0.2, -0.15) is 4.68 Å². The van der Waals surface area contributed by atoms with Gasteiger partial charge in [-0.15, -0.1) is 5.10 Å². The van der Waals surface area contributed by atoms with Crippen molar-refractivity contribution in [2.75, 3.05) is 11.9 Å². The molecule has 2 N–H and O–H groups in total. The van der Waals surface area contributed by atoms with Gasteiger partial charge in [-0.1, -0.05) is 0 Å². The van der Waals surface area contributed by atoms with Gasteiger partial charge in [-0.05, 0) is 24.3 Å². The Bertz CT molecular complexity index is 1070. The van der Waals surface area contributed by atoms with Crippen molar-refractivity contribution in [2.24, 2.45) is 0 Å². The summed E-state index contributed by atoms with van der Waals surface area (Å²) in [6.45, 7) is -1.18. The number of furan rings is 1. The highest BCUT2D eigenvalue weighted by atomic mass is 19.2. The minimum absolute atomic E-state index is 0.130. The predicted molar refractivity (Wildman–Crippen MR) is 86.4 cm³/mol. The average molecular weight is 396 g/mol. The Labute approximate surface area is 153 Å². The molecular formula is C16H11F3N4O5. The van der Waals surface area contributed by atoms with Crippen LogP contribution in [-0.2, 0) is 16.1 Å². The number of rotatable bonds is 6. The van der Waals surface area contributed by atoms with Gasteiger partial charge in [0.2, 0.25) is 11.8 Å². The van der Waals surface area contributed by atoms with Crippen LogP contribution in [0.4, 0.5) is 18.9 Å². The van der Waals surface area contributed by atoms with E-state index in [0.29, 0.717) is 10.7 Å². The first-order valence-corrected chi connectivity index (χ1v) is 7.67. The monoisotopic (exact) mass is 396 g/mol. The van der Waals surface area contributed by atoms with Gasteiger partial charge in [0.05, 0.1) is 18.5 Å². The lowest BCUT2D eigenvalue weighted by Crippen LogP contribution is -2.36. The molecule has 2 heterocycles. The Morgan fingerprint density at radius 2 is 1.89 bits per heavy atom. The molecule has 0 fully saturated rings. The number of carbonyl (C=O) groups is 2. The van der Waals surface area contributed by atoms with Crippen LogP contribution in [0.2, 0.25) is 0 Å². The van der Waals surface area contributed by atoms with E-state index in [1.807, 2.05) is 5.32 Å². The number of carbonyl (C=O) groups excluding carboxylic acids is 2. The molecule has 2 amide bonds. The average Bonchev–Trinajstić information content (AvgIpc) is 3.31. The van der Waals surface area contributed by atoms with Crippen LogP contribution < -0.4 is 16.4 Å². The van der Waals surface area contributed by atoms with E-state index < -0.39 is 53.8 Å². The Morgan fingerprint density at radius 1 is 1.11 bits per heavy atom. The molecule has 0 aliphatic heterocycles. The fourth-order valence-electron chi connectivity index (χ4n) is 2.09. The molecular weight excluding hydrogens is 385 g/mol. The van der Waals surface area contributed by atoms with E-state index in [2.05, 4.69) is 10.4 Å². The van der Waals surface area contributed by atoms with E-state index in [9.17, 15) is 27.6 Å². The maximum Gasteiger partial charge on any atom is 0.437 e. The van der Waals surface area contributed by atoms with Gasteiger partial charge in [-0.3, -0.25) is 9.59 Å². The second kappa shape index (κ2) is 7.82. The predicted octanol–water partition coefficient (Wildman–Crippen LogP) is 1.27. The second-order valence-electron chi connectivity index (χ2n) is 5.36. The van der Waals surface area contributed by atoms with Crippen molar-refractivity contribution in [3.8, 4) is 11.7 Å². The number of halogens is 3. The van der Waals surface area contributed by atoms with E-state index in [4.69, 9.17) is 8.83 Å². The molecule has 0 atom stereocenters. The number of nitrogens with zero attached hydrogens (tertiary/aromatic N) is 2. The number of benzene rings is 1. The molecule has 0 spiro atoms. The number of hydrogen-bond acceptors (Lipinski definition) is 6. The van der Waals surface area contributed by atoms with E-state index >= 15 is 0 Å². The van der Waals surface area contributed by atoms with Gasteiger partial charge < -0.3 is 19.5 Å². The summed E-state index contributed by atoms with van der Waals surface area (Å²) >= 11 is 0. The number of anilines is 1. The van der Waals surface area contributed by atoms with Gasteiger partial charge >= 0.3 is 5.76 Å². The van der Waals surface area contributed by atoms with Gasteiger partial charge in [0.1, 0.15) is 6.54 Å². The molecule has 0 aliphatic carbocycles. The first-order chi connectivity index (χ1) is 13.3. The second-order valence-corrected chi connectivity index (χ2v) is 5.36. The Kier molecular flexibility index (Phi) is 5.29. The molecule has 3 rings (SSSR count). The van der Waals surface area contributed by atoms with Crippen LogP contribution >= 0.6 is 0 Å². The molecule has 12 heteroatoms. The van der Waals surface area contributed by atoms with Crippen LogP contribution in [0, 0.1) is 17.5 Å². The Balaban J connectivity index is 1.55. The van der Waals surface area contributed by atoms with Crippen LogP contribution in [0.5, 0.6) is 0 Å². The number of amides is 2. The molecule has 28 heavy (non-hydrogen) atoms. The lowest BCUT2D eigenvalue weighted by Gasteiger charge is -2.08. The van der Waals surface area contributed by atoms with Gasteiger partial charge in [-0.25, -0.2) is 18.0 Å². The lowest BCUT2D eigenvalue weighted by molar-refractivity contribution is -0.124. The maximum absolute atomic E-state index is 13.5. The fourth-order valence-corrected chi connectivity index (χ4v) is 2.09. The minimum atomic E-state index is -1.74. The largest absolute Gasteiger partial charge is 0.459 e. The van der Waals surface area contributed by atoms with E-state index in [1.165, 1.54) is 12.3 Å². The summed E-state index contributed by atoms with van der Waals surface area (Å²) in [6, 6.07) is 4.52. The molecule has 146 valence electrons. The topological polar surface area (TPSA) is 119 Å². The van der Waals surface area contributed by atoms with Crippen LogP contribution in [0.25, 0.3) is 11.7 Å².